The number of rotatable bonds is 2. The highest BCUT2D eigenvalue weighted by atomic mass is 19.4. The molecule has 0 N–H and O–H groups in total. The van der Waals surface area contributed by atoms with Crippen molar-refractivity contribution < 1.29 is 32.2 Å². The number of ether oxygens (including phenoxy) is 2. The Balaban J connectivity index is 2.09. The number of carbonyl (C=O) groups excluding carboxylic acids is 2. The van der Waals surface area contributed by atoms with Crippen LogP contribution in [0.1, 0.15) is 37.0 Å². The van der Waals surface area contributed by atoms with Crippen LogP contribution in [0.2, 0.25) is 0 Å². The Morgan fingerprint density at radius 1 is 1.21 bits per heavy atom. The van der Waals surface area contributed by atoms with Gasteiger partial charge in [-0.3, -0.25) is 0 Å². The minimum atomic E-state index is -4.63. The molecule has 0 bridgehead atoms. The van der Waals surface area contributed by atoms with E-state index in [4.69, 9.17) is 4.74 Å². The number of hydrogen-bond donors (Lipinski definition) is 0. The van der Waals surface area contributed by atoms with Crippen LogP contribution < -0.4 is 0 Å². The first-order valence-corrected chi connectivity index (χ1v) is 7.10. The van der Waals surface area contributed by atoms with Crippen LogP contribution in [-0.2, 0) is 22.6 Å². The van der Waals surface area contributed by atoms with Crippen molar-refractivity contribution in [2.75, 3.05) is 13.2 Å². The number of hydrogen-bond acceptors (Lipinski definition) is 6. The Morgan fingerprint density at radius 3 is 2.46 bits per heavy atom. The lowest BCUT2D eigenvalue weighted by Gasteiger charge is -2.30. The third kappa shape index (κ3) is 4.59. The summed E-state index contributed by atoms with van der Waals surface area (Å²) in [5.41, 5.74) is -0.826. The molecule has 0 saturated heterocycles. The first-order chi connectivity index (χ1) is 11.0. The monoisotopic (exact) mass is 350 g/mol. The Bertz CT molecular complexity index is 636. The normalized spacial score (nSPS) is 15.0. The molecule has 0 fully saturated rings. The number of alkyl halides is 3. The van der Waals surface area contributed by atoms with Crippen LogP contribution in [-0.4, -0.2) is 56.9 Å². The van der Waals surface area contributed by atoms with Gasteiger partial charge in [0.05, 0.1) is 18.8 Å². The van der Waals surface area contributed by atoms with Gasteiger partial charge in [0.1, 0.15) is 5.60 Å². The number of fused-ring (bicyclic) bond motifs is 1. The van der Waals surface area contributed by atoms with Crippen LogP contribution >= 0.6 is 0 Å². The maximum atomic E-state index is 12.1. The van der Waals surface area contributed by atoms with Gasteiger partial charge in [0.25, 0.3) is 0 Å². The molecule has 2 heterocycles. The minimum absolute atomic E-state index is 0.0572. The molecule has 1 aromatic rings. The summed E-state index contributed by atoms with van der Waals surface area (Å²) < 4.78 is 47.2. The lowest BCUT2D eigenvalue weighted by Crippen LogP contribution is -2.42. The largest absolute Gasteiger partial charge is 0.451 e. The van der Waals surface area contributed by atoms with Gasteiger partial charge in [0, 0.05) is 6.54 Å². The Hall–Kier alpha value is -2.33. The van der Waals surface area contributed by atoms with Gasteiger partial charge < -0.3 is 14.4 Å². The van der Waals surface area contributed by atoms with Gasteiger partial charge in [-0.05, 0) is 20.8 Å². The van der Waals surface area contributed by atoms with Crippen molar-refractivity contribution in [1.82, 2.24) is 19.9 Å². The second-order valence-corrected chi connectivity index (χ2v) is 6.20. The third-order valence-electron chi connectivity index (χ3n) is 2.97. The molecule has 11 heteroatoms. The summed E-state index contributed by atoms with van der Waals surface area (Å²) in [5.74, 6) is -1.24. The second kappa shape index (κ2) is 6.29. The van der Waals surface area contributed by atoms with Gasteiger partial charge in [-0.1, -0.05) is 5.21 Å². The van der Waals surface area contributed by atoms with Crippen LogP contribution in [0, 0.1) is 0 Å². The quantitative estimate of drug-likeness (QED) is 0.755. The highest BCUT2D eigenvalue weighted by Gasteiger charge is 2.34. The zero-order valence-corrected chi connectivity index (χ0v) is 13.4. The van der Waals surface area contributed by atoms with Crippen LogP contribution in [0.5, 0.6) is 0 Å². The van der Waals surface area contributed by atoms with Gasteiger partial charge in [-0.2, -0.15) is 13.2 Å². The van der Waals surface area contributed by atoms with E-state index < -0.39 is 30.4 Å². The highest BCUT2D eigenvalue weighted by molar-refractivity contribution is 5.88. The SMILES string of the molecule is CC(C)(C)OC(=O)N1CCn2nnc(C(=O)OCC(F)(F)F)c2C1. The maximum absolute atomic E-state index is 12.1. The molecule has 0 aromatic carbocycles. The minimum Gasteiger partial charge on any atom is -0.451 e. The Kier molecular flexibility index (Phi) is 4.72. The standard InChI is InChI=1S/C13H17F3N4O4/c1-12(2,3)24-11(22)19-4-5-20-8(6-19)9(17-18-20)10(21)23-7-13(14,15)16/h4-7H2,1-3H3. The molecular weight excluding hydrogens is 333 g/mol. The molecule has 1 aromatic heterocycles. The van der Waals surface area contributed by atoms with Crippen molar-refractivity contribution in [2.24, 2.45) is 0 Å². The van der Waals surface area contributed by atoms with Gasteiger partial charge in [-0.25, -0.2) is 14.3 Å². The van der Waals surface area contributed by atoms with Crippen molar-refractivity contribution in [1.29, 1.82) is 0 Å². The Labute approximate surface area is 135 Å². The van der Waals surface area contributed by atoms with E-state index in [0.717, 1.165) is 0 Å². The van der Waals surface area contributed by atoms with E-state index in [0.29, 0.717) is 0 Å². The maximum Gasteiger partial charge on any atom is 0.422 e. The smallest absolute Gasteiger partial charge is 0.422 e. The van der Waals surface area contributed by atoms with E-state index in [2.05, 4.69) is 15.0 Å². The van der Waals surface area contributed by atoms with Gasteiger partial charge in [0.15, 0.2) is 12.3 Å². The summed E-state index contributed by atoms with van der Waals surface area (Å²) in [6.07, 6.45) is -5.23. The van der Waals surface area contributed by atoms with E-state index >= 15 is 0 Å². The molecule has 0 radical (unpaired) electrons. The number of carbonyl (C=O) groups is 2. The average molecular weight is 350 g/mol. The van der Waals surface area contributed by atoms with Crippen LogP contribution in [0.15, 0.2) is 0 Å². The average Bonchev–Trinajstić information content (AvgIpc) is 2.85. The number of nitrogens with zero attached hydrogens (tertiary/aromatic N) is 4. The molecule has 1 aliphatic heterocycles. The molecular formula is C13H17F3N4O4. The van der Waals surface area contributed by atoms with E-state index in [1.165, 1.54) is 9.58 Å². The number of halogens is 3. The first-order valence-electron chi connectivity index (χ1n) is 7.10. The summed E-state index contributed by atoms with van der Waals surface area (Å²) in [7, 11) is 0. The Morgan fingerprint density at radius 2 is 1.88 bits per heavy atom. The lowest BCUT2D eigenvalue weighted by atomic mass is 10.2. The van der Waals surface area contributed by atoms with Crippen molar-refractivity contribution in [3.05, 3.63) is 11.4 Å². The summed E-state index contributed by atoms with van der Waals surface area (Å²) in [4.78, 5) is 25.2. The molecule has 2 rings (SSSR count). The molecule has 1 aliphatic rings. The van der Waals surface area contributed by atoms with Crippen molar-refractivity contribution in [3.63, 3.8) is 0 Å². The van der Waals surface area contributed by atoms with Gasteiger partial charge >= 0.3 is 18.2 Å². The van der Waals surface area contributed by atoms with Crippen LogP contribution in [0.25, 0.3) is 0 Å². The van der Waals surface area contributed by atoms with Crippen molar-refractivity contribution in [3.8, 4) is 0 Å². The van der Waals surface area contributed by atoms with Crippen LogP contribution in [0.3, 0.4) is 0 Å². The third-order valence-corrected chi connectivity index (χ3v) is 2.97. The van der Waals surface area contributed by atoms with E-state index in [1.54, 1.807) is 20.8 Å². The molecule has 1 amide bonds. The molecule has 134 valence electrons. The lowest BCUT2D eigenvalue weighted by molar-refractivity contribution is -0.161. The van der Waals surface area contributed by atoms with Crippen molar-refractivity contribution >= 4 is 12.1 Å². The summed E-state index contributed by atoms with van der Waals surface area (Å²) in [5, 5.41) is 7.26. The fraction of sp³-hybridized carbons (Fsp3) is 0.692. The molecule has 0 saturated carbocycles. The molecule has 8 nitrogen and oxygen atoms in total. The predicted molar refractivity (Wildman–Crippen MR) is 73.0 cm³/mol. The van der Waals surface area contributed by atoms with Gasteiger partial charge in [0.2, 0.25) is 0 Å². The van der Waals surface area contributed by atoms with Crippen molar-refractivity contribution in [2.45, 2.75) is 45.6 Å². The van der Waals surface area contributed by atoms with E-state index in [1.807, 2.05) is 0 Å². The fourth-order valence-corrected chi connectivity index (χ4v) is 2.00. The summed E-state index contributed by atoms with van der Waals surface area (Å²) in [6.45, 7) is 3.88. The zero-order valence-electron chi connectivity index (χ0n) is 13.4. The molecule has 0 aliphatic carbocycles. The highest BCUT2D eigenvalue weighted by Crippen LogP contribution is 2.20. The molecule has 24 heavy (non-hydrogen) atoms. The molecule has 0 atom stereocenters. The second-order valence-electron chi connectivity index (χ2n) is 6.20. The topological polar surface area (TPSA) is 86.5 Å². The van der Waals surface area contributed by atoms with E-state index in [-0.39, 0.29) is 31.0 Å². The number of aromatic nitrogens is 3. The molecule has 0 spiro atoms. The first kappa shape index (κ1) is 18.0. The van der Waals surface area contributed by atoms with Gasteiger partial charge in [-0.15, -0.1) is 5.10 Å². The zero-order chi connectivity index (χ0) is 18.1. The fourth-order valence-electron chi connectivity index (χ4n) is 2.00. The predicted octanol–water partition coefficient (Wildman–Crippen LogP) is 1.75. The number of esters is 1. The summed E-state index contributed by atoms with van der Waals surface area (Å²) >= 11 is 0. The number of amides is 1. The molecule has 0 unspecified atom stereocenters. The van der Waals surface area contributed by atoms with E-state index in [9.17, 15) is 22.8 Å². The van der Waals surface area contributed by atoms with Crippen LogP contribution in [0.4, 0.5) is 18.0 Å². The summed E-state index contributed by atoms with van der Waals surface area (Å²) in [6, 6.07) is 0.